The smallest absolute Gasteiger partial charge is 0.300 e. The van der Waals surface area contributed by atoms with E-state index in [0.29, 0.717) is 17.0 Å². The Hall–Kier alpha value is -4.26. The second-order valence-electron chi connectivity index (χ2n) is 10.0. The maximum Gasteiger partial charge on any atom is 0.300 e. The molecular weight excluding hydrogens is 490 g/mol. The van der Waals surface area contributed by atoms with Gasteiger partial charge in [0.05, 0.1) is 24.3 Å². The maximum absolute atomic E-state index is 13.6. The van der Waals surface area contributed by atoms with Gasteiger partial charge in [-0.2, -0.15) is 0 Å². The van der Waals surface area contributed by atoms with Crippen LogP contribution in [0.4, 0.5) is 17.1 Å². The van der Waals surface area contributed by atoms with Crippen LogP contribution in [0.15, 0.2) is 66.2 Å². The van der Waals surface area contributed by atoms with Gasteiger partial charge in [-0.05, 0) is 86.8 Å². The number of carbonyl (C=O) groups is 2. The summed E-state index contributed by atoms with van der Waals surface area (Å²) >= 11 is 0. The number of aliphatic hydroxyl groups is 1. The number of Topliss-reactive ketones (excluding diaryl/α,β-unsaturated/α-hetero) is 1. The van der Waals surface area contributed by atoms with E-state index in [1.807, 2.05) is 87.4 Å². The van der Waals surface area contributed by atoms with Crippen molar-refractivity contribution in [3.05, 3.63) is 88.5 Å². The SMILES string of the molecule is CCN(CC)c1ccc(C2/C(=C(\O)c3cc(C)cc(C)c3OC)C(=O)C(=O)N2c2ccc(N(C)C)cc2)cc1. The number of benzene rings is 3. The van der Waals surface area contributed by atoms with Gasteiger partial charge in [0.15, 0.2) is 0 Å². The molecule has 3 aromatic carbocycles. The van der Waals surface area contributed by atoms with Crippen LogP contribution >= 0.6 is 0 Å². The van der Waals surface area contributed by atoms with Crippen LogP contribution in [0.3, 0.4) is 0 Å². The second-order valence-corrected chi connectivity index (χ2v) is 10.0. The van der Waals surface area contributed by atoms with Gasteiger partial charge in [-0.1, -0.05) is 18.2 Å². The molecule has 3 aromatic rings. The molecule has 0 saturated carbocycles. The number of aliphatic hydroxyl groups excluding tert-OH is 1. The van der Waals surface area contributed by atoms with Gasteiger partial charge in [0, 0.05) is 44.2 Å². The number of amides is 1. The first-order valence-corrected chi connectivity index (χ1v) is 13.2. The van der Waals surface area contributed by atoms with Crippen molar-refractivity contribution >= 4 is 34.5 Å². The van der Waals surface area contributed by atoms with E-state index in [1.54, 1.807) is 6.07 Å². The summed E-state index contributed by atoms with van der Waals surface area (Å²) in [6.45, 7) is 9.72. The van der Waals surface area contributed by atoms with Crippen molar-refractivity contribution in [2.24, 2.45) is 0 Å². The minimum atomic E-state index is -0.813. The van der Waals surface area contributed by atoms with Crippen LogP contribution in [0.5, 0.6) is 5.75 Å². The Kier molecular flexibility index (Phi) is 8.00. The lowest BCUT2D eigenvalue weighted by molar-refractivity contribution is -0.132. The summed E-state index contributed by atoms with van der Waals surface area (Å²) in [4.78, 5) is 32.9. The molecule has 1 saturated heterocycles. The number of methoxy groups -OCH3 is 1. The maximum atomic E-state index is 13.6. The van der Waals surface area contributed by atoms with Gasteiger partial charge >= 0.3 is 0 Å². The Labute approximate surface area is 230 Å². The first-order chi connectivity index (χ1) is 18.6. The van der Waals surface area contributed by atoms with Crippen LogP contribution in [0.25, 0.3) is 5.76 Å². The van der Waals surface area contributed by atoms with Crippen LogP contribution in [0.2, 0.25) is 0 Å². The Bertz CT molecular complexity index is 1400. The summed E-state index contributed by atoms with van der Waals surface area (Å²) in [5.74, 6) is -1.20. The summed E-state index contributed by atoms with van der Waals surface area (Å²) in [6.07, 6.45) is 0. The molecule has 0 spiro atoms. The van der Waals surface area contributed by atoms with Gasteiger partial charge in [0.2, 0.25) is 0 Å². The van der Waals surface area contributed by atoms with Gasteiger partial charge in [0.25, 0.3) is 11.7 Å². The van der Waals surface area contributed by atoms with E-state index < -0.39 is 17.7 Å². The van der Waals surface area contributed by atoms with Crippen molar-refractivity contribution in [1.82, 2.24) is 0 Å². The second kappa shape index (κ2) is 11.2. The highest BCUT2D eigenvalue weighted by Crippen LogP contribution is 2.44. The summed E-state index contributed by atoms with van der Waals surface area (Å²) in [6, 6.07) is 18.2. The van der Waals surface area contributed by atoms with Crippen molar-refractivity contribution in [3.63, 3.8) is 0 Å². The molecule has 39 heavy (non-hydrogen) atoms. The number of rotatable bonds is 8. The molecule has 0 aliphatic carbocycles. The summed E-state index contributed by atoms with van der Waals surface area (Å²) in [7, 11) is 5.41. The fraction of sp³-hybridized carbons (Fsp3) is 0.312. The largest absolute Gasteiger partial charge is 0.507 e. The summed E-state index contributed by atoms with van der Waals surface area (Å²) in [5.41, 5.74) is 5.48. The number of hydrogen-bond donors (Lipinski definition) is 1. The zero-order valence-corrected chi connectivity index (χ0v) is 23.8. The van der Waals surface area contributed by atoms with Crippen LogP contribution < -0.4 is 19.4 Å². The predicted octanol–water partition coefficient (Wildman–Crippen LogP) is 5.85. The molecule has 1 amide bonds. The minimum absolute atomic E-state index is 0.0376. The third-order valence-electron chi connectivity index (χ3n) is 7.30. The van der Waals surface area contributed by atoms with E-state index in [1.165, 1.54) is 12.0 Å². The molecule has 1 unspecified atom stereocenters. The van der Waals surface area contributed by atoms with Crippen molar-refractivity contribution in [2.45, 2.75) is 33.7 Å². The summed E-state index contributed by atoms with van der Waals surface area (Å²) in [5, 5.41) is 11.7. The molecule has 0 bridgehead atoms. The quantitative estimate of drug-likeness (QED) is 0.225. The highest BCUT2D eigenvalue weighted by Gasteiger charge is 2.47. The topological polar surface area (TPSA) is 73.3 Å². The monoisotopic (exact) mass is 527 g/mol. The molecular formula is C32H37N3O4. The van der Waals surface area contributed by atoms with Crippen molar-refractivity contribution in [1.29, 1.82) is 0 Å². The van der Waals surface area contributed by atoms with Crippen LogP contribution in [0.1, 0.15) is 42.1 Å². The molecule has 7 nitrogen and oxygen atoms in total. The van der Waals surface area contributed by atoms with Gasteiger partial charge in [0.1, 0.15) is 11.5 Å². The van der Waals surface area contributed by atoms with Gasteiger partial charge < -0.3 is 19.6 Å². The number of ketones is 1. The lowest BCUT2D eigenvalue weighted by Crippen LogP contribution is -2.29. The predicted molar refractivity (Wildman–Crippen MR) is 158 cm³/mol. The average molecular weight is 528 g/mol. The van der Waals surface area contributed by atoms with E-state index in [0.717, 1.165) is 41.2 Å². The third kappa shape index (κ3) is 5.09. The molecule has 1 N–H and O–H groups in total. The molecule has 1 aliphatic heterocycles. The minimum Gasteiger partial charge on any atom is -0.507 e. The zero-order chi connectivity index (χ0) is 28.4. The number of ether oxygens (including phenoxy) is 1. The molecule has 0 radical (unpaired) electrons. The van der Waals surface area contributed by atoms with E-state index in [-0.39, 0.29) is 11.3 Å². The molecule has 4 rings (SSSR count). The zero-order valence-electron chi connectivity index (χ0n) is 23.8. The molecule has 1 aliphatic rings. The highest BCUT2D eigenvalue weighted by molar-refractivity contribution is 6.51. The molecule has 204 valence electrons. The van der Waals surface area contributed by atoms with E-state index in [4.69, 9.17) is 4.74 Å². The molecule has 7 heteroatoms. The molecule has 1 atom stereocenters. The Morgan fingerprint density at radius 2 is 1.51 bits per heavy atom. The summed E-state index contributed by atoms with van der Waals surface area (Å²) < 4.78 is 5.61. The number of hydrogen-bond acceptors (Lipinski definition) is 6. The lowest BCUT2D eigenvalue weighted by Gasteiger charge is -2.27. The first kappa shape index (κ1) is 27.8. The van der Waals surface area contributed by atoms with E-state index in [2.05, 4.69) is 18.7 Å². The Balaban J connectivity index is 1.95. The lowest BCUT2D eigenvalue weighted by atomic mass is 9.93. The fourth-order valence-electron chi connectivity index (χ4n) is 5.33. The van der Waals surface area contributed by atoms with Crippen LogP contribution in [-0.2, 0) is 9.59 Å². The number of carbonyl (C=O) groups excluding carboxylic acids is 2. The van der Waals surface area contributed by atoms with E-state index in [9.17, 15) is 14.7 Å². The highest BCUT2D eigenvalue weighted by atomic mass is 16.5. The van der Waals surface area contributed by atoms with Crippen molar-refractivity contribution in [2.75, 3.05) is 49.0 Å². The standard InChI is InChI=1S/C32H37N3O4/c1-8-34(9-2)24-12-10-22(11-13-24)28-27(29(36)26-19-20(3)18-21(4)31(26)39-7)30(37)32(38)35(28)25-16-14-23(15-17-25)33(5)6/h10-19,28,36H,8-9H2,1-7H3/b29-27+. The van der Waals surface area contributed by atoms with Crippen molar-refractivity contribution in [3.8, 4) is 5.75 Å². The molecule has 0 aromatic heterocycles. The third-order valence-corrected chi connectivity index (χ3v) is 7.30. The van der Waals surface area contributed by atoms with Gasteiger partial charge in [-0.3, -0.25) is 14.5 Å². The number of nitrogens with zero attached hydrogens (tertiary/aromatic N) is 3. The van der Waals surface area contributed by atoms with E-state index >= 15 is 0 Å². The molecule has 1 heterocycles. The first-order valence-electron chi connectivity index (χ1n) is 13.2. The number of anilines is 3. The fourth-order valence-corrected chi connectivity index (χ4v) is 5.33. The van der Waals surface area contributed by atoms with Gasteiger partial charge in [-0.15, -0.1) is 0 Å². The number of aryl methyl sites for hydroxylation is 2. The molecule has 1 fully saturated rings. The van der Waals surface area contributed by atoms with Crippen LogP contribution in [0, 0.1) is 13.8 Å². The Morgan fingerprint density at radius 3 is 2.05 bits per heavy atom. The Morgan fingerprint density at radius 1 is 0.923 bits per heavy atom. The van der Waals surface area contributed by atoms with Gasteiger partial charge in [-0.25, -0.2) is 0 Å². The average Bonchev–Trinajstić information content (AvgIpc) is 3.19. The van der Waals surface area contributed by atoms with Crippen molar-refractivity contribution < 1.29 is 19.4 Å². The normalized spacial score (nSPS) is 16.5. The van der Waals surface area contributed by atoms with Crippen LogP contribution in [-0.4, -0.2) is 51.1 Å².